The normalized spacial score (nSPS) is 28.6. The number of carbonyl (C=O) groups is 1. The molecule has 3 nitrogen and oxygen atoms in total. The van der Waals surface area contributed by atoms with Gasteiger partial charge in [-0.15, -0.1) is 0 Å². The van der Waals surface area contributed by atoms with Crippen LogP contribution in [0.1, 0.15) is 84.0 Å². The Morgan fingerprint density at radius 2 is 1.73 bits per heavy atom. The number of esters is 1. The van der Waals surface area contributed by atoms with E-state index in [4.69, 9.17) is 4.74 Å². The molecule has 0 aromatic rings. The molecule has 0 radical (unpaired) electrons. The standard InChI is InChI=1S/C19H32O3/c1-18(10-11-18)8-4-2-6-15(20)7-3-5-9-19(12-13-19)16-14-22-17(16)21/h15-16,20H,2-14H2,1H3. The van der Waals surface area contributed by atoms with E-state index in [1.807, 2.05) is 0 Å². The number of carbonyl (C=O) groups excluding carboxylic acids is 1. The van der Waals surface area contributed by atoms with Crippen molar-refractivity contribution in [3.63, 3.8) is 0 Å². The second-order valence-corrected chi connectivity index (χ2v) is 8.50. The van der Waals surface area contributed by atoms with Crippen molar-refractivity contribution < 1.29 is 14.6 Å². The van der Waals surface area contributed by atoms with Gasteiger partial charge in [-0.05, 0) is 62.2 Å². The first-order chi connectivity index (χ1) is 10.5. The highest BCUT2D eigenvalue weighted by atomic mass is 16.6. The van der Waals surface area contributed by atoms with Gasteiger partial charge in [0.05, 0.1) is 12.0 Å². The minimum atomic E-state index is -0.115. The van der Waals surface area contributed by atoms with Crippen LogP contribution >= 0.6 is 0 Å². The van der Waals surface area contributed by atoms with Crippen LogP contribution in [0.5, 0.6) is 0 Å². The predicted molar refractivity (Wildman–Crippen MR) is 86.4 cm³/mol. The van der Waals surface area contributed by atoms with Gasteiger partial charge in [-0.2, -0.15) is 0 Å². The van der Waals surface area contributed by atoms with Crippen LogP contribution < -0.4 is 0 Å². The maximum Gasteiger partial charge on any atom is 0.313 e. The van der Waals surface area contributed by atoms with Crippen LogP contribution in [-0.4, -0.2) is 23.8 Å². The molecule has 1 heterocycles. The van der Waals surface area contributed by atoms with Gasteiger partial charge in [0.2, 0.25) is 0 Å². The molecule has 3 rings (SSSR count). The molecule has 1 aliphatic heterocycles. The van der Waals surface area contributed by atoms with Crippen molar-refractivity contribution in [3.05, 3.63) is 0 Å². The first kappa shape index (κ1) is 16.3. The number of rotatable bonds is 11. The van der Waals surface area contributed by atoms with Crippen molar-refractivity contribution >= 4 is 5.97 Å². The van der Waals surface area contributed by atoms with E-state index in [0.717, 1.165) is 32.1 Å². The molecule has 2 saturated carbocycles. The van der Waals surface area contributed by atoms with E-state index in [0.29, 0.717) is 17.4 Å². The van der Waals surface area contributed by atoms with E-state index >= 15 is 0 Å². The van der Waals surface area contributed by atoms with Crippen LogP contribution in [0.3, 0.4) is 0 Å². The van der Waals surface area contributed by atoms with Crippen LogP contribution in [0.25, 0.3) is 0 Å². The van der Waals surface area contributed by atoms with Crippen molar-refractivity contribution in [2.45, 2.75) is 90.1 Å². The van der Waals surface area contributed by atoms with Crippen molar-refractivity contribution in [2.75, 3.05) is 6.61 Å². The molecule has 1 N–H and O–H groups in total. The topological polar surface area (TPSA) is 46.5 Å². The number of hydrogen-bond donors (Lipinski definition) is 1. The van der Waals surface area contributed by atoms with Gasteiger partial charge in [-0.3, -0.25) is 4.79 Å². The smallest absolute Gasteiger partial charge is 0.313 e. The van der Waals surface area contributed by atoms with Gasteiger partial charge >= 0.3 is 5.97 Å². The van der Waals surface area contributed by atoms with Gasteiger partial charge in [0.25, 0.3) is 0 Å². The van der Waals surface area contributed by atoms with Crippen LogP contribution in [-0.2, 0) is 9.53 Å². The van der Waals surface area contributed by atoms with Crippen molar-refractivity contribution in [2.24, 2.45) is 16.7 Å². The number of aliphatic hydroxyl groups is 1. The Morgan fingerprint density at radius 3 is 2.18 bits per heavy atom. The number of ether oxygens (including phenoxy) is 1. The highest BCUT2D eigenvalue weighted by molar-refractivity contribution is 5.78. The van der Waals surface area contributed by atoms with Gasteiger partial charge < -0.3 is 9.84 Å². The van der Waals surface area contributed by atoms with E-state index in [2.05, 4.69) is 6.92 Å². The summed E-state index contributed by atoms with van der Waals surface area (Å²) in [5.74, 6) is 0.225. The second kappa shape index (κ2) is 6.51. The van der Waals surface area contributed by atoms with Crippen molar-refractivity contribution in [3.8, 4) is 0 Å². The molecule has 0 spiro atoms. The third-order valence-electron chi connectivity index (χ3n) is 6.44. The molecule has 22 heavy (non-hydrogen) atoms. The minimum Gasteiger partial charge on any atom is -0.464 e. The van der Waals surface area contributed by atoms with Crippen molar-refractivity contribution in [1.29, 1.82) is 0 Å². The molecular formula is C19H32O3. The lowest BCUT2D eigenvalue weighted by Crippen LogP contribution is -2.41. The van der Waals surface area contributed by atoms with Crippen molar-refractivity contribution in [1.82, 2.24) is 0 Å². The molecular weight excluding hydrogens is 276 g/mol. The van der Waals surface area contributed by atoms with E-state index in [1.54, 1.807) is 0 Å². The highest BCUT2D eigenvalue weighted by Gasteiger charge is 2.56. The maximum absolute atomic E-state index is 11.4. The SMILES string of the molecule is CC1(CCCCC(O)CCCCC2(C3COC3=O)CC2)CC1. The molecule has 0 bridgehead atoms. The second-order valence-electron chi connectivity index (χ2n) is 8.50. The zero-order valence-electron chi connectivity index (χ0n) is 14.1. The van der Waals surface area contributed by atoms with E-state index in [1.165, 1.54) is 44.9 Å². The Hall–Kier alpha value is -0.570. The summed E-state index contributed by atoms with van der Waals surface area (Å²) in [5.41, 5.74) is 0.951. The number of unbranched alkanes of at least 4 members (excludes halogenated alkanes) is 2. The van der Waals surface area contributed by atoms with Gasteiger partial charge in [0.1, 0.15) is 6.61 Å². The molecule has 2 atom stereocenters. The first-order valence-electron chi connectivity index (χ1n) is 9.38. The summed E-state index contributed by atoms with van der Waals surface area (Å²) in [6.07, 6.45) is 14.2. The summed E-state index contributed by atoms with van der Waals surface area (Å²) in [4.78, 5) is 11.4. The molecule has 1 saturated heterocycles. The predicted octanol–water partition coefficient (Wildman–Crippen LogP) is 4.22. The summed E-state index contributed by atoms with van der Waals surface area (Å²) in [6, 6.07) is 0. The van der Waals surface area contributed by atoms with E-state index in [9.17, 15) is 9.90 Å². The Labute approximate surface area is 134 Å². The molecule has 126 valence electrons. The van der Waals surface area contributed by atoms with Gasteiger partial charge in [0.15, 0.2) is 0 Å². The summed E-state index contributed by atoms with van der Waals surface area (Å²) in [7, 11) is 0. The zero-order chi connectivity index (χ0) is 15.6. The lowest BCUT2D eigenvalue weighted by molar-refractivity contribution is -0.174. The third-order valence-corrected chi connectivity index (χ3v) is 6.44. The monoisotopic (exact) mass is 308 g/mol. The van der Waals surface area contributed by atoms with Gasteiger partial charge in [-0.1, -0.05) is 32.6 Å². The average molecular weight is 308 g/mol. The molecule has 0 aromatic heterocycles. The fourth-order valence-electron chi connectivity index (χ4n) is 3.99. The van der Waals surface area contributed by atoms with Crippen LogP contribution in [0.4, 0.5) is 0 Å². The van der Waals surface area contributed by atoms with E-state index < -0.39 is 0 Å². The van der Waals surface area contributed by atoms with Crippen LogP contribution in [0.2, 0.25) is 0 Å². The molecule has 3 aliphatic rings. The van der Waals surface area contributed by atoms with Crippen LogP contribution in [0.15, 0.2) is 0 Å². The Kier molecular flexibility index (Phi) is 4.82. The Balaban J connectivity index is 1.20. The molecule has 3 heteroatoms. The summed E-state index contributed by atoms with van der Waals surface area (Å²) in [5, 5.41) is 10.1. The molecule has 2 unspecified atom stereocenters. The molecule has 3 fully saturated rings. The quantitative estimate of drug-likeness (QED) is 0.459. The maximum atomic E-state index is 11.4. The molecule has 0 amide bonds. The van der Waals surface area contributed by atoms with E-state index in [-0.39, 0.29) is 18.0 Å². The Bertz CT molecular complexity index is 395. The summed E-state index contributed by atoms with van der Waals surface area (Å²) in [6.45, 7) is 3.04. The summed E-state index contributed by atoms with van der Waals surface area (Å²) < 4.78 is 4.92. The fourth-order valence-corrected chi connectivity index (χ4v) is 3.99. The largest absolute Gasteiger partial charge is 0.464 e. The zero-order valence-corrected chi connectivity index (χ0v) is 14.1. The number of aliphatic hydroxyl groups excluding tert-OH is 1. The minimum absolute atomic E-state index is 0.0295. The van der Waals surface area contributed by atoms with Crippen LogP contribution in [0, 0.1) is 16.7 Å². The molecule has 2 aliphatic carbocycles. The average Bonchev–Trinajstić information content (AvgIpc) is 3.39. The van der Waals surface area contributed by atoms with Gasteiger partial charge in [0, 0.05) is 0 Å². The Morgan fingerprint density at radius 1 is 1.09 bits per heavy atom. The number of cyclic esters (lactones) is 1. The fraction of sp³-hybridized carbons (Fsp3) is 0.947. The lowest BCUT2D eigenvalue weighted by Gasteiger charge is -2.32. The lowest BCUT2D eigenvalue weighted by atomic mass is 9.82. The number of hydrogen-bond acceptors (Lipinski definition) is 3. The summed E-state index contributed by atoms with van der Waals surface area (Å²) >= 11 is 0. The first-order valence-corrected chi connectivity index (χ1v) is 9.38. The highest BCUT2D eigenvalue weighted by Crippen LogP contribution is 2.58. The molecule has 0 aromatic carbocycles. The van der Waals surface area contributed by atoms with Gasteiger partial charge in [-0.25, -0.2) is 0 Å². The third kappa shape index (κ3) is 4.04.